The zero-order valence-electron chi connectivity index (χ0n) is 13.8. The van der Waals surface area contributed by atoms with Gasteiger partial charge in [-0.1, -0.05) is 60.7 Å². The van der Waals surface area contributed by atoms with Crippen molar-refractivity contribution in [3.8, 4) is 11.1 Å². The Bertz CT molecular complexity index is 1040. The molecule has 3 aromatic carbocycles. The van der Waals surface area contributed by atoms with E-state index in [4.69, 9.17) is 0 Å². The molecule has 0 bridgehead atoms. The van der Waals surface area contributed by atoms with E-state index in [-0.39, 0.29) is 0 Å². The van der Waals surface area contributed by atoms with Gasteiger partial charge in [0.15, 0.2) is 0 Å². The highest BCUT2D eigenvalue weighted by Gasteiger charge is 2.03. The van der Waals surface area contributed by atoms with Crippen LogP contribution >= 0.6 is 11.3 Å². The molecule has 0 unspecified atom stereocenters. The standard InChI is InChI=1S/C21H17N3S/c1-15-14-25-21(23-15)24-22-13-16-6-4-9-18(12-16)20-11-5-8-17-7-2-3-10-19(17)20/h2-14H,1H3,(H,23,24). The van der Waals surface area contributed by atoms with Crippen LogP contribution in [0.1, 0.15) is 11.3 Å². The second kappa shape index (κ2) is 6.87. The zero-order chi connectivity index (χ0) is 17.1. The Balaban J connectivity index is 1.62. The van der Waals surface area contributed by atoms with Gasteiger partial charge >= 0.3 is 0 Å². The first-order valence-electron chi connectivity index (χ1n) is 8.09. The summed E-state index contributed by atoms with van der Waals surface area (Å²) in [7, 11) is 0. The van der Waals surface area contributed by atoms with Crippen molar-refractivity contribution in [2.45, 2.75) is 6.92 Å². The summed E-state index contributed by atoms with van der Waals surface area (Å²) >= 11 is 1.55. The summed E-state index contributed by atoms with van der Waals surface area (Å²) < 4.78 is 0. The SMILES string of the molecule is Cc1csc(NN=Cc2cccc(-c3cccc4ccccc34)c2)n1. The molecule has 0 fully saturated rings. The van der Waals surface area contributed by atoms with Crippen LogP contribution in [0.2, 0.25) is 0 Å². The van der Waals surface area contributed by atoms with E-state index in [2.05, 4.69) is 76.2 Å². The second-order valence-corrected chi connectivity index (χ2v) is 6.67. The molecule has 0 spiro atoms. The monoisotopic (exact) mass is 343 g/mol. The Labute approximate surface area is 150 Å². The maximum absolute atomic E-state index is 4.33. The number of rotatable bonds is 4. The fourth-order valence-corrected chi connectivity index (χ4v) is 3.47. The molecule has 122 valence electrons. The Kier molecular flexibility index (Phi) is 4.27. The van der Waals surface area contributed by atoms with E-state index in [1.54, 1.807) is 11.3 Å². The van der Waals surface area contributed by atoms with Crippen LogP contribution < -0.4 is 5.43 Å². The third kappa shape index (κ3) is 3.44. The molecule has 0 atom stereocenters. The fraction of sp³-hybridized carbons (Fsp3) is 0.0476. The molecule has 1 N–H and O–H groups in total. The van der Waals surface area contributed by atoms with Crippen molar-refractivity contribution in [2.24, 2.45) is 5.10 Å². The van der Waals surface area contributed by atoms with Crippen LogP contribution in [0.15, 0.2) is 77.2 Å². The normalized spacial score (nSPS) is 11.2. The van der Waals surface area contributed by atoms with Gasteiger partial charge < -0.3 is 0 Å². The van der Waals surface area contributed by atoms with Crippen molar-refractivity contribution < 1.29 is 0 Å². The number of hydrogen-bond acceptors (Lipinski definition) is 4. The van der Waals surface area contributed by atoms with Crippen LogP contribution in [0.4, 0.5) is 5.13 Å². The Hall–Kier alpha value is -2.98. The summed E-state index contributed by atoms with van der Waals surface area (Å²) in [5.74, 6) is 0. The summed E-state index contributed by atoms with van der Waals surface area (Å²) in [6.07, 6.45) is 1.82. The maximum Gasteiger partial charge on any atom is 0.203 e. The smallest absolute Gasteiger partial charge is 0.203 e. The number of hydrazone groups is 1. The summed E-state index contributed by atoms with van der Waals surface area (Å²) in [6, 6.07) is 23.3. The number of nitrogens with one attached hydrogen (secondary N) is 1. The fourth-order valence-electron chi connectivity index (χ4n) is 2.83. The molecular formula is C21H17N3S. The van der Waals surface area contributed by atoms with Crippen molar-refractivity contribution in [3.05, 3.63) is 83.4 Å². The van der Waals surface area contributed by atoms with Crippen molar-refractivity contribution in [2.75, 3.05) is 5.43 Å². The molecule has 0 aliphatic carbocycles. The Morgan fingerprint density at radius 3 is 2.72 bits per heavy atom. The molecule has 0 amide bonds. The van der Waals surface area contributed by atoms with Crippen molar-refractivity contribution in [1.82, 2.24) is 4.98 Å². The first kappa shape index (κ1) is 15.5. The molecule has 0 saturated heterocycles. The van der Waals surface area contributed by atoms with Gasteiger partial charge in [0, 0.05) is 5.38 Å². The molecule has 4 rings (SSSR count). The molecule has 0 saturated carbocycles. The van der Waals surface area contributed by atoms with E-state index >= 15 is 0 Å². The lowest BCUT2D eigenvalue weighted by Gasteiger charge is -2.07. The highest BCUT2D eigenvalue weighted by molar-refractivity contribution is 7.13. The number of benzene rings is 3. The van der Waals surface area contributed by atoms with E-state index in [0.717, 1.165) is 16.4 Å². The van der Waals surface area contributed by atoms with Crippen molar-refractivity contribution in [3.63, 3.8) is 0 Å². The summed E-state index contributed by atoms with van der Waals surface area (Å²) in [5.41, 5.74) is 7.45. The second-order valence-electron chi connectivity index (χ2n) is 5.82. The lowest BCUT2D eigenvalue weighted by Crippen LogP contribution is -1.90. The van der Waals surface area contributed by atoms with Crippen LogP contribution in [-0.4, -0.2) is 11.2 Å². The maximum atomic E-state index is 4.33. The minimum Gasteiger partial charge on any atom is -0.253 e. The highest BCUT2D eigenvalue weighted by Crippen LogP contribution is 2.28. The average molecular weight is 343 g/mol. The first-order valence-corrected chi connectivity index (χ1v) is 8.97. The molecule has 1 aromatic heterocycles. The number of aromatic nitrogens is 1. The molecule has 25 heavy (non-hydrogen) atoms. The van der Waals surface area contributed by atoms with Crippen LogP contribution in [0, 0.1) is 6.92 Å². The van der Waals surface area contributed by atoms with Crippen molar-refractivity contribution in [1.29, 1.82) is 0 Å². The summed E-state index contributed by atoms with van der Waals surface area (Å²) in [6.45, 7) is 1.97. The number of fused-ring (bicyclic) bond motifs is 1. The van der Waals surface area contributed by atoms with Gasteiger partial charge in [-0.25, -0.2) is 4.98 Å². The predicted octanol–water partition coefficient (Wildman–Crippen LogP) is 5.72. The number of thiazole rings is 1. The number of aryl methyl sites for hydroxylation is 1. The van der Waals surface area contributed by atoms with Gasteiger partial charge in [-0.15, -0.1) is 11.3 Å². The van der Waals surface area contributed by atoms with E-state index in [9.17, 15) is 0 Å². The predicted molar refractivity (Wildman–Crippen MR) is 107 cm³/mol. The molecule has 0 aliphatic heterocycles. The highest BCUT2D eigenvalue weighted by atomic mass is 32.1. The molecule has 4 heteroatoms. The first-order chi connectivity index (χ1) is 12.3. The minimum atomic E-state index is 0.805. The summed E-state index contributed by atoms with van der Waals surface area (Å²) in [4.78, 5) is 4.33. The Morgan fingerprint density at radius 2 is 1.84 bits per heavy atom. The molecule has 4 aromatic rings. The van der Waals surface area contributed by atoms with Gasteiger partial charge in [-0.05, 0) is 40.5 Å². The zero-order valence-corrected chi connectivity index (χ0v) is 14.6. The molecule has 0 aliphatic rings. The quantitative estimate of drug-likeness (QED) is 0.380. The lowest BCUT2D eigenvalue weighted by atomic mass is 9.97. The van der Waals surface area contributed by atoms with Crippen molar-refractivity contribution >= 4 is 33.5 Å². The van der Waals surface area contributed by atoms with Crippen LogP contribution in [0.3, 0.4) is 0 Å². The summed E-state index contributed by atoms with van der Waals surface area (Å²) in [5, 5.41) is 9.61. The van der Waals surface area contributed by atoms with E-state index in [1.165, 1.54) is 21.9 Å². The van der Waals surface area contributed by atoms with Gasteiger partial charge in [0.2, 0.25) is 5.13 Å². The van der Waals surface area contributed by atoms with Gasteiger partial charge in [0.05, 0.1) is 11.9 Å². The molecule has 0 radical (unpaired) electrons. The third-order valence-electron chi connectivity index (χ3n) is 3.98. The topological polar surface area (TPSA) is 37.3 Å². The van der Waals surface area contributed by atoms with E-state index in [1.807, 2.05) is 24.6 Å². The average Bonchev–Trinajstić information content (AvgIpc) is 3.07. The molecule has 1 heterocycles. The van der Waals surface area contributed by atoms with Crippen LogP contribution in [0.5, 0.6) is 0 Å². The molecule has 3 nitrogen and oxygen atoms in total. The third-order valence-corrected chi connectivity index (χ3v) is 4.84. The van der Waals surface area contributed by atoms with Gasteiger partial charge in [-0.2, -0.15) is 5.10 Å². The van der Waals surface area contributed by atoms with Crippen LogP contribution in [0.25, 0.3) is 21.9 Å². The van der Waals surface area contributed by atoms with E-state index < -0.39 is 0 Å². The van der Waals surface area contributed by atoms with Crippen LogP contribution in [-0.2, 0) is 0 Å². The minimum absolute atomic E-state index is 0.805. The lowest BCUT2D eigenvalue weighted by molar-refractivity contribution is 1.22. The number of anilines is 1. The Morgan fingerprint density at radius 1 is 1.00 bits per heavy atom. The number of nitrogens with zero attached hydrogens (tertiary/aromatic N) is 2. The largest absolute Gasteiger partial charge is 0.253 e. The van der Waals surface area contributed by atoms with E-state index in [0.29, 0.717) is 0 Å². The molecular weight excluding hydrogens is 326 g/mol. The van der Waals surface area contributed by atoms with Gasteiger partial charge in [0.1, 0.15) is 0 Å². The van der Waals surface area contributed by atoms with Gasteiger partial charge in [-0.3, -0.25) is 5.43 Å². The number of hydrogen-bond donors (Lipinski definition) is 1. The van der Waals surface area contributed by atoms with Gasteiger partial charge in [0.25, 0.3) is 0 Å².